The Balaban J connectivity index is 2.28. The van der Waals surface area contributed by atoms with Crippen LogP contribution in [0.4, 0.5) is 4.39 Å². The van der Waals surface area contributed by atoms with Crippen molar-refractivity contribution < 1.29 is 9.18 Å². The molecule has 1 aromatic rings. The van der Waals surface area contributed by atoms with Crippen LogP contribution in [-0.4, -0.2) is 55.4 Å². The van der Waals surface area contributed by atoms with Crippen molar-refractivity contribution in [1.29, 1.82) is 0 Å². The van der Waals surface area contributed by atoms with Crippen molar-refractivity contribution >= 4 is 21.7 Å². The summed E-state index contributed by atoms with van der Waals surface area (Å²) >= 11 is 3.13. The predicted octanol–water partition coefficient (Wildman–Crippen LogP) is 2.41. The Bertz CT molecular complexity index is 481. The Morgan fingerprint density at radius 1 is 1.37 bits per heavy atom. The van der Waals surface area contributed by atoms with E-state index < -0.39 is 5.82 Å². The summed E-state index contributed by atoms with van der Waals surface area (Å²) in [4.78, 5) is 16.7. The maximum atomic E-state index is 14.0. The lowest BCUT2D eigenvalue weighted by molar-refractivity contribution is 0.0835. The highest BCUT2D eigenvalue weighted by molar-refractivity contribution is 9.10. The quantitative estimate of drug-likeness (QED) is 0.779. The van der Waals surface area contributed by atoms with Gasteiger partial charge in [-0.25, -0.2) is 4.39 Å². The highest BCUT2D eigenvalue weighted by Crippen LogP contribution is 2.21. The molecule has 0 amide bonds. The van der Waals surface area contributed by atoms with E-state index in [-0.39, 0.29) is 17.4 Å². The molecule has 1 fully saturated rings. The second kappa shape index (κ2) is 6.11. The first-order valence-corrected chi connectivity index (χ1v) is 7.17. The molecule has 19 heavy (non-hydrogen) atoms. The fraction of sp³-hybridized carbons (Fsp3) is 0.500. The van der Waals surface area contributed by atoms with Crippen LogP contribution in [0.15, 0.2) is 22.7 Å². The highest BCUT2D eigenvalue weighted by atomic mass is 79.9. The molecule has 5 heteroatoms. The van der Waals surface area contributed by atoms with Crippen molar-refractivity contribution in [2.24, 2.45) is 0 Å². The summed E-state index contributed by atoms with van der Waals surface area (Å²) in [5.74, 6) is -0.608. The number of hydrogen-bond acceptors (Lipinski definition) is 3. The molecule has 3 nitrogen and oxygen atoms in total. The summed E-state index contributed by atoms with van der Waals surface area (Å²) in [7, 11) is 3.92. The van der Waals surface area contributed by atoms with E-state index in [1.807, 2.05) is 19.0 Å². The van der Waals surface area contributed by atoms with Crippen LogP contribution in [0.2, 0.25) is 0 Å². The Labute approximate surface area is 121 Å². The molecule has 1 heterocycles. The summed E-state index contributed by atoms with van der Waals surface area (Å²) in [6.45, 7) is 2.47. The summed E-state index contributed by atoms with van der Waals surface area (Å²) in [6, 6.07) is 4.58. The molecule has 0 radical (unpaired) electrons. The molecule has 1 aliphatic heterocycles. The van der Waals surface area contributed by atoms with Gasteiger partial charge in [0, 0.05) is 6.54 Å². The number of hydrogen-bond donors (Lipinski definition) is 0. The molecule has 1 atom stereocenters. The van der Waals surface area contributed by atoms with Gasteiger partial charge in [-0.05, 0) is 61.7 Å². The smallest absolute Gasteiger partial charge is 0.184 e. The molecule has 0 spiro atoms. The zero-order valence-electron chi connectivity index (χ0n) is 11.2. The number of Topliss-reactive ketones (excluding diaryl/α,β-unsaturated/α-hetero) is 1. The molecule has 0 aliphatic carbocycles. The van der Waals surface area contributed by atoms with Gasteiger partial charge in [-0.1, -0.05) is 6.07 Å². The van der Waals surface area contributed by atoms with Gasteiger partial charge in [0.15, 0.2) is 5.78 Å². The summed E-state index contributed by atoms with van der Waals surface area (Å²) in [5.41, 5.74) is 0.168. The summed E-state index contributed by atoms with van der Waals surface area (Å²) in [6.07, 6.45) is 1.03. The average Bonchev–Trinajstić information content (AvgIpc) is 2.54. The number of carbonyl (C=O) groups is 1. The number of carbonyl (C=O) groups excluding carboxylic acids is 1. The van der Waals surface area contributed by atoms with E-state index in [1.165, 1.54) is 0 Å². The van der Waals surface area contributed by atoms with E-state index in [4.69, 9.17) is 0 Å². The van der Waals surface area contributed by atoms with Gasteiger partial charge in [-0.15, -0.1) is 0 Å². The SMILES string of the molecule is CN1CCCN(C)C(C(=O)c2cccc(Br)c2F)C1. The van der Waals surface area contributed by atoms with Crippen LogP contribution >= 0.6 is 15.9 Å². The predicted molar refractivity (Wildman–Crippen MR) is 77.0 cm³/mol. The van der Waals surface area contributed by atoms with Crippen LogP contribution in [0.3, 0.4) is 0 Å². The van der Waals surface area contributed by atoms with Crippen molar-refractivity contribution in [3.05, 3.63) is 34.1 Å². The van der Waals surface area contributed by atoms with Crippen LogP contribution in [0.25, 0.3) is 0 Å². The Morgan fingerprint density at radius 3 is 2.84 bits per heavy atom. The van der Waals surface area contributed by atoms with Gasteiger partial charge in [-0.3, -0.25) is 9.69 Å². The fourth-order valence-electron chi connectivity index (χ4n) is 2.43. The maximum Gasteiger partial charge on any atom is 0.184 e. The largest absolute Gasteiger partial charge is 0.304 e. The van der Waals surface area contributed by atoms with Crippen LogP contribution in [0.1, 0.15) is 16.8 Å². The number of likely N-dealkylation sites (N-methyl/N-ethyl adjacent to an activating group) is 2. The number of benzene rings is 1. The molecule has 2 rings (SSSR count). The van der Waals surface area contributed by atoms with Crippen molar-refractivity contribution in [2.75, 3.05) is 33.7 Å². The van der Waals surface area contributed by atoms with Gasteiger partial charge in [0.1, 0.15) is 5.82 Å². The third-order valence-electron chi connectivity index (χ3n) is 3.59. The monoisotopic (exact) mass is 328 g/mol. The highest BCUT2D eigenvalue weighted by Gasteiger charge is 2.29. The van der Waals surface area contributed by atoms with Crippen molar-refractivity contribution in [2.45, 2.75) is 12.5 Å². The number of halogens is 2. The Morgan fingerprint density at radius 2 is 2.11 bits per heavy atom. The lowest BCUT2D eigenvalue weighted by Crippen LogP contribution is -2.44. The van der Waals surface area contributed by atoms with E-state index in [1.54, 1.807) is 18.2 Å². The van der Waals surface area contributed by atoms with Crippen LogP contribution in [-0.2, 0) is 0 Å². The van der Waals surface area contributed by atoms with E-state index >= 15 is 0 Å². The van der Waals surface area contributed by atoms with Crippen molar-refractivity contribution in [3.63, 3.8) is 0 Å². The van der Waals surface area contributed by atoms with Crippen LogP contribution in [0.5, 0.6) is 0 Å². The molecule has 0 N–H and O–H groups in total. The average molecular weight is 329 g/mol. The fourth-order valence-corrected chi connectivity index (χ4v) is 2.79. The van der Waals surface area contributed by atoms with Crippen molar-refractivity contribution in [1.82, 2.24) is 9.80 Å². The lowest BCUT2D eigenvalue weighted by Gasteiger charge is -2.26. The van der Waals surface area contributed by atoms with E-state index in [2.05, 4.69) is 20.8 Å². The van der Waals surface area contributed by atoms with Gasteiger partial charge >= 0.3 is 0 Å². The third-order valence-corrected chi connectivity index (χ3v) is 4.20. The van der Waals surface area contributed by atoms with Crippen LogP contribution < -0.4 is 0 Å². The number of ketones is 1. The second-order valence-electron chi connectivity index (χ2n) is 5.08. The molecular formula is C14H18BrFN2O. The van der Waals surface area contributed by atoms with Crippen molar-refractivity contribution in [3.8, 4) is 0 Å². The standard InChI is InChI=1S/C14H18BrFN2O/c1-17-7-4-8-18(2)12(9-17)14(19)10-5-3-6-11(15)13(10)16/h3,5-6,12H,4,7-9H2,1-2H3. The van der Waals surface area contributed by atoms with E-state index in [0.29, 0.717) is 11.0 Å². The number of nitrogens with zero attached hydrogens (tertiary/aromatic N) is 2. The lowest BCUT2D eigenvalue weighted by atomic mass is 10.0. The Kier molecular flexibility index (Phi) is 4.71. The minimum atomic E-state index is -0.465. The normalized spacial score (nSPS) is 22.2. The van der Waals surface area contributed by atoms with E-state index in [9.17, 15) is 9.18 Å². The molecule has 104 valence electrons. The first-order chi connectivity index (χ1) is 9.00. The molecule has 0 saturated carbocycles. The summed E-state index contributed by atoms with van der Waals surface area (Å²) in [5, 5.41) is 0. The minimum absolute atomic E-state index is 0.143. The van der Waals surface area contributed by atoms with Gasteiger partial charge in [0.25, 0.3) is 0 Å². The third kappa shape index (κ3) is 3.22. The zero-order chi connectivity index (χ0) is 14.0. The minimum Gasteiger partial charge on any atom is -0.304 e. The summed E-state index contributed by atoms with van der Waals surface area (Å²) < 4.78 is 14.4. The maximum absolute atomic E-state index is 14.0. The zero-order valence-corrected chi connectivity index (χ0v) is 12.8. The molecular weight excluding hydrogens is 311 g/mol. The van der Waals surface area contributed by atoms with Gasteiger partial charge in [-0.2, -0.15) is 0 Å². The molecule has 0 bridgehead atoms. The Hall–Kier alpha value is -0.780. The second-order valence-corrected chi connectivity index (χ2v) is 5.93. The van der Waals surface area contributed by atoms with Gasteiger partial charge in [0.05, 0.1) is 16.1 Å². The molecule has 1 saturated heterocycles. The van der Waals surface area contributed by atoms with Gasteiger partial charge in [0.2, 0.25) is 0 Å². The first-order valence-electron chi connectivity index (χ1n) is 6.37. The van der Waals surface area contributed by atoms with Gasteiger partial charge < -0.3 is 4.90 Å². The molecule has 1 aromatic carbocycles. The first kappa shape index (κ1) is 14.6. The van der Waals surface area contributed by atoms with E-state index in [0.717, 1.165) is 19.5 Å². The number of rotatable bonds is 2. The van der Waals surface area contributed by atoms with Crippen LogP contribution in [0, 0.1) is 5.82 Å². The molecule has 0 aromatic heterocycles. The molecule has 1 unspecified atom stereocenters. The molecule has 1 aliphatic rings. The topological polar surface area (TPSA) is 23.6 Å².